The summed E-state index contributed by atoms with van der Waals surface area (Å²) >= 11 is 4.56. The summed E-state index contributed by atoms with van der Waals surface area (Å²) in [4.78, 5) is 30.5. The van der Waals surface area contributed by atoms with Crippen LogP contribution in [0.15, 0.2) is 80.2 Å². The van der Waals surface area contributed by atoms with E-state index in [2.05, 4.69) is 31.4 Å². The molecule has 0 saturated carbocycles. The Morgan fingerprint density at radius 2 is 1.70 bits per heavy atom. The first kappa shape index (κ1) is 26.2. The van der Waals surface area contributed by atoms with Crippen molar-refractivity contribution in [3.05, 3.63) is 81.1 Å². The number of rotatable bonds is 9. The van der Waals surface area contributed by atoms with Gasteiger partial charge in [0.2, 0.25) is 0 Å². The molecule has 0 spiro atoms. The highest BCUT2D eigenvalue weighted by Crippen LogP contribution is 2.33. The lowest BCUT2D eigenvalue weighted by Gasteiger charge is -2.13. The molecular formula is C26H23BrN4O5S. The van der Waals surface area contributed by atoms with Gasteiger partial charge in [-0.15, -0.1) is 0 Å². The number of aromatic nitrogens is 2. The van der Waals surface area contributed by atoms with Crippen LogP contribution < -0.4 is 25.2 Å². The van der Waals surface area contributed by atoms with Gasteiger partial charge in [0.25, 0.3) is 11.5 Å². The number of hydrogen-bond donors (Lipinski definition) is 1. The Balaban J connectivity index is 1.54. The minimum atomic E-state index is -0.370. The predicted molar refractivity (Wildman–Crippen MR) is 148 cm³/mol. The van der Waals surface area contributed by atoms with E-state index in [4.69, 9.17) is 14.2 Å². The monoisotopic (exact) mass is 582 g/mol. The first-order chi connectivity index (χ1) is 17.9. The van der Waals surface area contributed by atoms with Crippen molar-refractivity contribution in [3.63, 3.8) is 0 Å². The summed E-state index contributed by atoms with van der Waals surface area (Å²) in [5, 5.41) is 4.93. The van der Waals surface area contributed by atoms with Crippen molar-refractivity contribution < 1.29 is 19.0 Å². The summed E-state index contributed by atoms with van der Waals surface area (Å²) in [6, 6.07) is 17.8. The summed E-state index contributed by atoms with van der Waals surface area (Å²) in [6.45, 7) is 0. The van der Waals surface area contributed by atoms with Gasteiger partial charge in [-0.3, -0.25) is 14.2 Å². The first-order valence-electron chi connectivity index (χ1n) is 11.0. The van der Waals surface area contributed by atoms with Gasteiger partial charge in [-0.1, -0.05) is 39.8 Å². The molecule has 190 valence electrons. The summed E-state index contributed by atoms with van der Waals surface area (Å²) in [6.07, 6.45) is 1.45. The van der Waals surface area contributed by atoms with Crippen molar-refractivity contribution in [2.45, 2.75) is 5.16 Å². The second-order valence-electron chi connectivity index (χ2n) is 7.56. The molecule has 0 aliphatic carbocycles. The molecule has 37 heavy (non-hydrogen) atoms. The van der Waals surface area contributed by atoms with Gasteiger partial charge in [-0.2, -0.15) is 5.10 Å². The number of hydrogen-bond acceptors (Lipinski definition) is 8. The molecule has 4 aromatic rings. The van der Waals surface area contributed by atoms with Gasteiger partial charge in [-0.05, 0) is 42.5 Å². The lowest BCUT2D eigenvalue weighted by molar-refractivity contribution is -0.118. The largest absolute Gasteiger partial charge is 0.496 e. The number of hydrazone groups is 1. The Morgan fingerprint density at radius 3 is 2.41 bits per heavy atom. The molecule has 0 unspecified atom stereocenters. The molecule has 0 aliphatic rings. The van der Waals surface area contributed by atoms with Crippen LogP contribution in [0.1, 0.15) is 5.56 Å². The number of carbonyl (C=O) groups is 1. The number of amides is 1. The van der Waals surface area contributed by atoms with Crippen LogP contribution >= 0.6 is 27.7 Å². The van der Waals surface area contributed by atoms with E-state index < -0.39 is 0 Å². The molecule has 0 atom stereocenters. The van der Waals surface area contributed by atoms with Gasteiger partial charge >= 0.3 is 0 Å². The van der Waals surface area contributed by atoms with Gasteiger partial charge < -0.3 is 14.2 Å². The molecule has 4 rings (SSSR count). The van der Waals surface area contributed by atoms with Crippen molar-refractivity contribution in [2.24, 2.45) is 5.10 Å². The van der Waals surface area contributed by atoms with Crippen LogP contribution in [0, 0.1) is 0 Å². The van der Waals surface area contributed by atoms with E-state index in [0.29, 0.717) is 44.6 Å². The zero-order valence-corrected chi connectivity index (χ0v) is 22.6. The van der Waals surface area contributed by atoms with Gasteiger partial charge in [0, 0.05) is 16.1 Å². The second kappa shape index (κ2) is 11.9. The summed E-state index contributed by atoms with van der Waals surface area (Å²) in [5.74, 6) is 1.13. The second-order valence-corrected chi connectivity index (χ2v) is 9.42. The third-order valence-electron chi connectivity index (χ3n) is 5.29. The van der Waals surface area contributed by atoms with E-state index in [1.54, 1.807) is 30.3 Å². The topological polar surface area (TPSA) is 104 Å². The van der Waals surface area contributed by atoms with Crippen LogP contribution in [-0.4, -0.2) is 48.8 Å². The zero-order valence-electron chi connectivity index (χ0n) is 20.2. The maximum Gasteiger partial charge on any atom is 0.266 e. The number of para-hydroxylation sites is 1. The number of ether oxygens (including phenoxy) is 3. The Kier molecular flexibility index (Phi) is 8.47. The van der Waals surface area contributed by atoms with E-state index in [1.165, 1.54) is 32.1 Å². The summed E-state index contributed by atoms with van der Waals surface area (Å²) < 4.78 is 18.4. The van der Waals surface area contributed by atoms with Crippen LogP contribution in [0.2, 0.25) is 0 Å². The van der Waals surface area contributed by atoms with E-state index in [9.17, 15) is 9.59 Å². The zero-order chi connectivity index (χ0) is 26.4. The third-order valence-corrected chi connectivity index (χ3v) is 6.76. The maximum atomic E-state index is 13.3. The normalized spacial score (nSPS) is 11.0. The number of thioether (sulfide) groups is 1. The smallest absolute Gasteiger partial charge is 0.266 e. The van der Waals surface area contributed by atoms with Crippen LogP contribution in [0.4, 0.5) is 0 Å². The molecule has 11 heteroatoms. The SMILES string of the molecule is COc1cc(OC)c(OC)cc1C=NNC(=O)CSc1nc2ccccc2c(=O)n1-c1ccc(Br)cc1. The third kappa shape index (κ3) is 5.95. The Labute approximate surface area is 225 Å². The highest BCUT2D eigenvalue weighted by atomic mass is 79.9. The number of methoxy groups -OCH3 is 3. The van der Waals surface area contributed by atoms with Crippen LogP contribution in [0.3, 0.4) is 0 Å². The molecular weight excluding hydrogens is 560 g/mol. The fraction of sp³-hybridized carbons (Fsp3) is 0.154. The van der Waals surface area contributed by atoms with Gasteiger partial charge in [0.15, 0.2) is 16.7 Å². The van der Waals surface area contributed by atoms with Crippen molar-refractivity contribution in [1.29, 1.82) is 0 Å². The Bertz CT molecular complexity index is 1520. The lowest BCUT2D eigenvalue weighted by atomic mass is 10.2. The molecule has 0 fully saturated rings. The van der Waals surface area contributed by atoms with E-state index >= 15 is 0 Å². The molecule has 0 saturated heterocycles. The highest BCUT2D eigenvalue weighted by Gasteiger charge is 2.15. The molecule has 1 N–H and O–H groups in total. The quantitative estimate of drug-likeness (QED) is 0.135. The fourth-order valence-corrected chi connectivity index (χ4v) is 4.59. The molecule has 1 heterocycles. The van der Waals surface area contributed by atoms with Crippen LogP contribution in [0.5, 0.6) is 17.2 Å². The molecule has 3 aromatic carbocycles. The number of carbonyl (C=O) groups excluding carboxylic acids is 1. The molecule has 0 bridgehead atoms. The summed E-state index contributed by atoms with van der Waals surface area (Å²) in [5.41, 5.74) is 4.08. The van der Waals surface area contributed by atoms with Crippen molar-refractivity contribution in [2.75, 3.05) is 27.1 Å². The first-order valence-corrected chi connectivity index (χ1v) is 12.8. The molecule has 0 radical (unpaired) electrons. The van der Waals surface area contributed by atoms with Gasteiger partial charge in [0.05, 0.1) is 49.9 Å². The Hall–Kier alpha value is -3.83. The molecule has 1 amide bonds. The van der Waals surface area contributed by atoms with Crippen LogP contribution in [0.25, 0.3) is 16.6 Å². The molecule has 0 aliphatic heterocycles. The van der Waals surface area contributed by atoms with Crippen molar-refractivity contribution in [3.8, 4) is 22.9 Å². The predicted octanol–water partition coefficient (Wildman–Crippen LogP) is 4.42. The minimum Gasteiger partial charge on any atom is -0.496 e. The van der Waals surface area contributed by atoms with E-state index in [1.807, 2.05) is 30.3 Å². The standard InChI is InChI=1S/C26H23BrN4O5S/c1-34-21-13-23(36-3)22(35-2)12-16(21)14-28-30-24(32)15-37-26-29-20-7-5-4-6-19(20)25(33)31(26)18-10-8-17(27)9-11-18/h4-14H,15H2,1-3H3,(H,30,32). The summed E-state index contributed by atoms with van der Waals surface area (Å²) in [7, 11) is 4.58. The van der Waals surface area contributed by atoms with Gasteiger partial charge in [0.1, 0.15) is 5.75 Å². The number of halogens is 1. The number of nitrogens with zero attached hydrogens (tertiary/aromatic N) is 3. The maximum absolute atomic E-state index is 13.3. The lowest BCUT2D eigenvalue weighted by Crippen LogP contribution is -2.24. The molecule has 1 aromatic heterocycles. The van der Waals surface area contributed by atoms with Crippen molar-refractivity contribution >= 4 is 50.7 Å². The van der Waals surface area contributed by atoms with Gasteiger partial charge in [-0.25, -0.2) is 10.4 Å². The number of nitrogens with one attached hydrogen (secondary N) is 1. The number of benzene rings is 3. The average molecular weight is 583 g/mol. The minimum absolute atomic E-state index is 0.0122. The van der Waals surface area contributed by atoms with E-state index in [0.717, 1.165) is 16.2 Å². The van der Waals surface area contributed by atoms with Crippen LogP contribution in [-0.2, 0) is 4.79 Å². The van der Waals surface area contributed by atoms with Crippen molar-refractivity contribution in [1.82, 2.24) is 15.0 Å². The number of fused-ring (bicyclic) bond motifs is 1. The highest BCUT2D eigenvalue weighted by molar-refractivity contribution is 9.10. The fourth-order valence-electron chi connectivity index (χ4n) is 3.52. The average Bonchev–Trinajstić information content (AvgIpc) is 2.92. The Morgan fingerprint density at radius 1 is 1.03 bits per heavy atom. The molecule has 9 nitrogen and oxygen atoms in total. The van der Waals surface area contributed by atoms with E-state index in [-0.39, 0.29) is 17.2 Å².